The summed E-state index contributed by atoms with van der Waals surface area (Å²) in [5.41, 5.74) is 2.45. The number of nitrogens with zero attached hydrogens (tertiary/aromatic N) is 1. The van der Waals surface area contributed by atoms with Gasteiger partial charge in [0.25, 0.3) is 5.91 Å². The molecule has 162 valence electrons. The van der Waals surface area contributed by atoms with Gasteiger partial charge in [-0.3, -0.25) is 4.79 Å². The van der Waals surface area contributed by atoms with Crippen molar-refractivity contribution in [3.8, 4) is 11.5 Å². The maximum atomic E-state index is 13.0. The summed E-state index contributed by atoms with van der Waals surface area (Å²) >= 11 is 0. The lowest BCUT2D eigenvalue weighted by Crippen LogP contribution is -2.46. The first kappa shape index (κ1) is 22.1. The number of carbonyl (C=O) groups excluding carboxylic acids is 1. The number of rotatable bonds is 6. The van der Waals surface area contributed by atoms with Crippen LogP contribution in [0.25, 0.3) is 0 Å². The number of nitrogens with one attached hydrogen (secondary N) is 1. The molecular weight excluding hydrogens is 404 g/mol. The topological polar surface area (TPSA) is 84.9 Å². The summed E-state index contributed by atoms with van der Waals surface area (Å²) in [5, 5.41) is 0. The second-order valence-corrected chi connectivity index (χ2v) is 9.19. The fraction of sp³-hybridized carbons (Fsp3) is 0.409. The summed E-state index contributed by atoms with van der Waals surface area (Å²) in [6.07, 6.45) is 1.10. The SMILES string of the molecule is COc1ccc(C(=O)N2CCC(NS(=O)(=O)c3cc(C)c(C)cc3OC)CC2)cc1. The number of sulfonamides is 1. The average molecular weight is 433 g/mol. The molecule has 1 aliphatic heterocycles. The second-order valence-electron chi connectivity index (χ2n) is 7.50. The van der Waals surface area contributed by atoms with Gasteiger partial charge in [0.05, 0.1) is 14.2 Å². The van der Waals surface area contributed by atoms with Gasteiger partial charge < -0.3 is 14.4 Å². The molecule has 0 aromatic heterocycles. The molecule has 0 aliphatic carbocycles. The van der Waals surface area contributed by atoms with Crippen LogP contribution in [0, 0.1) is 13.8 Å². The van der Waals surface area contributed by atoms with Crippen LogP contribution in [0.1, 0.15) is 34.3 Å². The minimum absolute atomic E-state index is 0.0604. The van der Waals surface area contributed by atoms with E-state index >= 15 is 0 Å². The number of likely N-dealkylation sites (tertiary alicyclic amines) is 1. The molecule has 1 fully saturated rings. The molecule has 1 amide bonds. The highest BCUT2D eigenvalue weighted by atomic mass is 32.2. The van der Waals surface area contributed by atoms with Crippen molar-refractivity contribution in [2.45, 2.75) is 37.6 Å². The van der Waals surface area contributed by atoms with E-state index in [1.165, 1.54) is 7.11 Å². The van der Waals surface area contributed by atoms with E-state index in [2.05, 4.69) is 4.72 Å². The van der Waals surface area contributed by atoms with Crippen molar-refractivity contribution in [3.63, 3.8) is 0 Å². The number of benzene rings is 2. The summed E-state index contributed by atoms with van der Waals surface area (Å²) in [6.45, 7) is 4.76. The van der Waals surface area contributed by atoms with Gasteiger partial charge in [-0.25, -0.2) is 13.1 Å². The molecule has 0 radical (unpaired) electrons. The molecule has 2 aromatic rings. The molecule has 0 atom stereocenters. The van der Waals surface area contributed by atoms with E-state index in [4.69, 9.17) is 9.47 Å². The highest BCUT2D eigenvalue weighted by Gasteiger charge is 2.29. The van der Waals surface area contributed by atoms with E-state index < -0.39 is 10.0 Å². The van der Waals surface area contributed by atoms with Crippen LogP contribution in [0.5, 0.6) is 11.5 Å². The molecule has 2 aromatic carbocycles. The van der Waals surface area contributed by atoms with Gasteiger partial charge in [0.15, 0.2) is 0 Å². The van der Waals surface area contributed by atoms with Gasteiger partial charge in [-0.2, -0.15) is 0 Å². The van der Waals surface area contributed by atoms with Crippen LogP contribution in [-0.2, 0) is 10.0 Å². The second kappa shape index (κ2) is 9.06. The number of ether oxygens (including phenoxy) is 2. The molecule has 0 saturated carbocycles. The lowest BCUT2D eigenvalue weighted by Gasteiger charge is -2.32. The molecule has 8 heteroatoms. The summed E-state index contributed by atoms with van der Waals surface area (Å²) < 4.78 is 39.1. The van der Waals surface area contributed by atoms with Crippen LogP contribution in [0.4, 0.5) is 0 Å². The van der Waals surface area contributed by atoms with Gasteiger partial charge in [0.1, 0.15) is 16.4 Å². The van der Waals surface area contributed by atoms with Crippen molar-refractivity contribution in [1.29, 1.82) is 0 Å². The summed E-state index contributed by atoms with van der Waals surface area (Å²) in [7, 11) is -0.688. The minimum Gasteiger partial charge on any atom is -0.497 e. The third kappa shape index (κ3) is 4.76. The smallest absolute Gasteiger partial charge is 0.253 e. The van der Waals surface area contributed by atoms with Crippen LogP contribution >= 0.6 is 0 Å². The number of hydrogen-bond acceptors (Lipinski definition) is 5. The van der Waals surface area contributed by atoms with Gasteiger partial charge in [-0.1, -0.05) is 0 Å². The van der Waals surface area contributed by atoms with Crippen molar-refractivity contribution >= 4 is 15.9 Å². The van der Waals surface area contributed by atoms with Crippen LogP contribution in [0.15, 0.2) is 41.3 Å². The number of methoxy groups -OCH3 is 2. The molecule has 0 bridgehead atoms. The lowest BCUT2D eigenvalue weighted by atomic mass is 10.0. The van der Waals surface area contributed by atoms with Crippen molar-refractivity contribution in [1.82, 2.24) is 9.62 Å². The number of carbonyl (C=O) groups is 1. The van der Waals surface area contributed by atoms with Crippen LogP contribution in [0.2, 0.25) is 0 Å². The predicted octanol–water partition coefficient (Wildman–Crippen LogP) is 2.90. The van der Waals surface area contributed by atoms with Crippen LogP contribution in [-0.4, -0.2) is 52.6 Å². The Morgan fingerprint density at radius 1 is 1.00 bits per heavy atom. The molecule has 1 heterocycles. The van der Waals surface area contributed by atoms with E-state index in [1.807, 2.05) is 13.8 Å². The third-order valence-corrected chi connectivity index (χ3v) is 7.05. The Morgan fingerprint density at radius 2 is 1.60 bits per heavy atom. The quantitative estimate of drug-likeness (QED) is 0.759. The summed E-state index contributed by atoms with van der Waals surface area (Å²) in [4.78, 5) is 14.6. The Labute approximate surface area is 178 Å². The van der Waals surface area contributed by atoms with Crippen molar-refractivity contribution < 1.29 is 22.7 Å². The predicted molar refractivity (Wildman–Crippen MR) is 115 cm³/mol. The first-order chi connectivity index (χ1) is 14.2. The fourth-order valence-corrected chi connectivity index (χ4v) is 5.07. The van der Waals surface area contributed by atoms with Crippen molar-refractivity contribution in [3.05, 3.63) is 53.1 Å². The highest BCUT2D eigenvalue weighted by Crippen LogP contribution is 2.28. The maximum Gasteiger partial charge on any atom is 0.253 e. The van der Waals surface area contributed by atoms with Gasteiger partial charge in [0, 0.05) is 24.7 Å². The van der Waals surface area contributed by atoms with E-state index in [9.17, 15) is 13.2 Å². The Hall–Kier alpha value is -2.58. The van der Waals surface area contributed by atoms with Gasteiger partial charge in [0.2, 0.25) is 10.0 Å². The molecule has 1 N–H and O–H groups in total. The van der Waals surface area contributed by atoms with E-state index in [0.717, 1.165) is 11.1 Å². The van der Waals surface area contributed by atoms with Gasteiger partial charge in [-0.15, -0.1) is 0 Å². The molecule has 3 rings (SSSR count). The van der Waals surface area contributed by atoms with Crippen molar-refractivity contribution in [2.24, 2.45) is 0 Å². The number of amides is 1. The Morgan fingerprint density at radius 3 is 2.17 bits per heavy atom. The Balaban J connectivity index is 1.65. The van der Waals surface area contributed by atoms with Gasteiger partial charge >= 0.3 is 0 Å². The molecule has 0 spiro atoms. The maximum absolute atomic E-state index is 13.0. The fourth-order valence-electron chi connectivity index (χ4n) is 3.53. The molecule has 0 unspecified atom stereocenters. The lowest BCUT2D eigenvalue weighted by molar-refractivity contribution is 0.0711. The first-order valence-corrected chi connectivity index (χ1v) is 11.3. The highest BCUT2D eigenvalue weighted by molar-refractivity contribution is 7.89. The molecule has 1 saturated heterocycles. The minimum atomic E-state index is -3.73. The summed E-state index contributed by atoms with van der Waals surface area (Å²) in [6, 6.07) is 10.1. The largest absolute Gasteiger partial charge is 0.497 e. The zero-order valence-electron chi connectivity index (χ0n) is 17.8. The van der Waals surface area contributed by atoms with E-state index in [0.29, 0.717) is 43.0 Å². The third-order valence-electron chi connectivity index (χ3n) is 5.51. The Kier molecular flexibility index (Phi) is 6.67. The molecular formula is C22H28N2O5S. The number of piperidine rings is 1. The molecule has 1 aliphatic rings. The zero-order chi connectivity index (χ0) is 21.9. The number of aryl methyl sites for hydroxylation is 2. The average Bonchev–Trinajstić information content (AvgIpc) is 2.75. The molecule has 30 heavy (non-hydrogen) atoms. The van der Waals surface area contributed by atoms with Gasteiger partial charge in [-0.05, 0) is 74.2 Å². The standard InChI is InChI=1S/C22H28N2O5S/c1-15-13-20(29-4)21(14-16(15)2)30(26,27)23-18-9-11-24(12-10-18)22(25)17-5-7-19(28-3)8-6-17/h5-8,13-14,18,23H,9-12H2,1-4H3. The zero-order valence-corrected chi connectivity index (χ0v) is 18.6. The normalized spacial score (nSPS) is 15.1. The van der Waals surface area contributed by atoms with Crippen LogP contribution < -0.4 is 14.2 Å². The van der Waals surface area contributed by atoms with Crippen molar-refractivity contribution in [2.75, 3.05) is 27.3 Å². The van der Waals surface area contributed by atoms with E-state index in [-0.39, 0.29) is 16.8 Å². The monoisotopic (exact) mass is 432 g/mol. The summed E-state index contributed by atoms with van der Waals surface area (Å²) in [5.74, 6) is 0.967. The Bertz CT molecular complexity index is 1010. The number of hydrogen-bond donors (Lipinski definition) is 1. The first-order valence-electron chi connectivity index (χ1n) is 9.86. The molecule has 7 nitrogen and oxygen atoms in total. The van der Waals surface area contributed by atoms with E-state index in [1.54, 1.807) is 48.4 Å². The van der Waals surface area contributed by atoms with Crippen LogP contribution in [0.3, 0.4) is 0 Å².